The van der Waals surface area contributed by atoms with E-state index >= 15 is 0 Å². The summed E-state index contributed by atoms with van der Waals surface area (Å²) < 4.78 is 8.39. The van der Waals surface area contributed by atoms with Gasteiger partial charge in [-0.2, -0.15) is 0 Å². The fraction of sp³-hybridized carbons (Fsp3) is 0.833. The molecule has 0 saturated carbocycles. The van der Waals surface area contributed by atoms with E-state index in [0.717, 1.165) is 0 Å². The Bertz CT molecular complexity index is 218. The van der Waals surface area contributed by atoms with Crippen LogP contribution in [0.25, 0.3) is 0 Å². The zero-order chi connectivity index (χ0) is 8.65. The lowest BCUT2D eigenvalue weighted by Crippen LogP contribution is -2.26. The highest BCUT2D eigenvalue weighted by atomic mass is 31.1. The van der Waals surface area contributed by atoms with Crippen LogP contribution in [0.2, 0.25) is 0 Å². The molecule has 62 valence electrons. The Kier molecular flexibility index (Phi) is 1.99. The SMILES string of the molecule is CC(C)(C)OC(=O)C1N=[P+]1[O-]. The van der Waals surface area contributed by atoms with Gasteiger partial charge in [-0.1, -0.05) is 0 Å². The topological polar surface area (TPSA) is 61.7 Å². The lowest BCUT2D eigenvalue weighted by atomic mass is 10.2. The van der Waals surface area contributed by atoms with Crippen molar-refractivity contribution in [3.05, 3.63) is 0 Å². The van der Waals surface area contributed by atoms with E-state index in [4.69, 9.17) is 4.74 Å². The monoisotopic (exact) mass is 175 g/mol. The summed E-state index contributed by atoms with van der Waals surface area (Å²) in [6.07, 6.45) is 0. The molecule has 0 N–H and O–H groups in total. The Morgan fingerprint density at radius 1 is 1.64 bits per heavy atom. The van der Waals surface area contributed by atoms with Crippen LogP contribution in [0.3, 0.4) is 0 Å². The van der Waals surface area contributed by atoms with Crippen LogP contribution in [-0.4, -0.2) is 17.4 Å². The maximum atomic E-state index is 10.9. The van der Waals surface area contributed by atoms with Crippen LogP contribution in [0.4, 0.5) is 0 Å². The van der Waals surface area contributed by atoms with Gasteiger partial charge in [0.15, 0.2) is 0 Å². The Labute approximate surface area is 66.1 Å². The Morgan fingerprint density at radius 3 is 2.36 bits per heavy atom. The standard InChI is InChI=1S/C6H10NO3P/c1-6(2,3)10-5(8)4-7-11(4)9/h4H,1-3H3. The largest absolute Gasteiger partial charge is 0.610 e. The molecule has 0 spiro atoms. The third kappa shape index (κ3) is 2.56. The molecule has 0 saturated heterocycles. The van der Waals surface area contributed by atoms with Crippen molar-refractivity contribution < 1.29 is 14.4 Å². The molecule has 2 atom stereocenters. The van der Waals surface area contributed by atoms with Gasteiger partial charge in [0.2, 0.25) is 7.94 Å². The van der Waals surface area contributed by atoms with Gasteiger partial charge in [-0.25, -0.2) is 4.79 Å². The minimum absolute atomic E-state index is 0.474. The third-order valence-corrected chi connectivity index (χ3v) is 1.96. The van der Waals surface area contributed by atoms with Crippen LogP contribution < -0.4 is 4.89 Å². The average molecular weight is 175 g/mol. The van der Waals surface area contributed by atoms with Gasteiger partial charge < -0.3 is 9.63 Å². The number of esters is 1. The van der Waals surface area contributed by atoms with Gasteiger partial charge >= 0.3 is 11.8 Å². The van der Waals surface area contributed by atoms with Crippen molar-refractivity contribution in [3.63, 3.8) is 0 Å². The Balaban J connectivity index is 2.34. The molecule has 0 radical (unpaired) electrons. The molecule has 0 aliphatic carbocycles. The first-order valence-corrected chi connectivity index (χ1v) is 4.58. The highest BCUT2D eigenvalue weighted by molar-refractivity contribution is 7.47. The van der Waals surface area contributed by atoms with Crippen LogP contribution >= 0.6 is 7.94 Å². The summed E-state index contributed by atoms with van der Waals surface area (Å²) in [5, 5.41) is 0. The van der Waals surface area contributed by atoms with E-state index in [1.165, 1.54) is 0 Å². The van der Waals surface area contributed by atoms with Crippen molar-refractivity contribution in [2.75, 3.05) is 0 Å². The first kappa shape index (κ1) is 8.62. The van der Waals surface area contributed by atoms with Gasteiger partial charge in [0, 0.05) is 0 Å². The molecule has 0 bridgehead atoms. The predicted molar refractivity (Wildman–Crippen MR) is 39.0 cm³/mol. The maximum absolute atomic E-state index is 10.9. The van der Waals surface area contributed by atoms with Crippen molar-refractivity contribution in [2.45, 2.75) is 32.2 Å². The molecule has 0 aromatic carbocycles. The predicted octanol–water partition coefficient (Wildman–Crippen LogP) is 0.609. The third-order valence-electron chi connectivity index (χ3n) is 0.996. The van der Waals surface area contributed by atoms with Crippen LogP contribution in [0.5, 0.6) is 0 Å². The highest BCUT2D eigenvalue weighted by Crippen LogP contribution is 2.42. The molecule has 4 nitrogen and oxygen atoms in total. The molecule has 0 fully saturated rings. The van der Waals surface area contributed by atoms with E-state index in [1.807, 2.05) is 0 Å². The molecule has 1 rings (SSSR count). The summed E-state index contributed by atoms with van der Waals surface area (Å²) in [6.45, 7) is 5.29. The van der Waals surface area contributed by atoms with Crippen molar-refractivity contribution in [2.24, 2.45) is 4.74 Å². The van der Waals surface area contributed by atoms with Gasteiger partial charge in [-0.05, 0) is 25.5 Å². The summed E-state index contributed by atoms with van der Waals surface area (Å²) >= 11 is 0. The van der Waals surface area contributed by atoms with Crippen molar-refractivity contribution in [1.29, 1.82) is 0 Å². The lowest BCUT2D eigenvalue weighted by molar-refractivity contribution is -0.159. The fourth-order valence-corrected chi connectivity index (χ4v) is 1.18. The first-order chi connectivity index (χ1) is 4.90. The molecular formula is C6H10NO3P. The molecule has 0 aromatic rings. The zero-order valence-electron chi connectivity index (χ0n) is 6.70. The molecule has 1 aliphatic heterocycles. The quantitative estimate of drug-likeness (QED) is 0.433. The normalized spacial score (nSPS) is 25.8. The number of rotatable bonds is 1. The average Bonchev–Trinajstić information content (AvgIpc) is 2.41. The Morgan fingerprint density at radius 2 is 2.09 bits per heavy atom. The van der Waals surface area contributed by atoms with Crippen molar-refractivity contribution >= 4 is 13.9 Å². The van der Waals surface area contributed by atoms with Gasteiger partial charge in [0.25, 0.3) is 0 Å². The maximum Gasteiger partial charge on any atom is 0.384 e. The Hall–Kier alpha value is -0.470. The van der Waals surface area contributed by atoms with Crippen LogP contribution in [0.15, 0.2) is 4.74 Å². The number of ether oxygens (including phenoxy) is 1. The van der Waals surface area contributed by atoms with E-state index in [0.29, 0.717) is 0 Å². The summed E-state index contributed by atoms with van der Waals surface area (Å²) in [4.78, 5) is 21.4. The second-order valence-corrected chi connectivity index (χ2v) is 4.65. The summed E-state index contributed by atoms with van der Waals surface area (Å²) in [5.41, 5.74) is -0.509. The molecule has 1 heterocycles. The van der Waals surface area contributed by atoms with E-state index < -0.39 is 25.3 Å². The highest BCUT2D eigenvalue weighted by Gasteiger charge is 2.45. The van der Waals surface area contributed by atoms with Crippen molar-refractivity contribution in [1.82, 2.24) is 0 Å². The van der Waals surface area contributed by atoms with Gasteiger partial charge in [-0.15, -0.1) is 0 Å². The van der Waals surface area contributed by atoms with E-state index in [2.05, 4.69) is 4.74 Å². The fourth-order valence-electron chi connectivity index (χ4n) is 0.570. The molecule has 2 unspecified atom stereocenters. The second-order valence-electron chi connectivity index (χ2n) is 3.33. The summed E-state index contributed by atoms with van der Waals surface area (Å²) in [6, 6.07) is 0. The van der Waals surface area contributed by atoms with Crippen molar-refractivity contribution in [3.8, 4) is 0 Å². The number of hydrogen-bond donors (Lipinski definition) is 0. The first-order valence-electron chi connectivity index (χ1n) is 3.30. The zero-order valence-corrected chi connectivity index (χ0v) is 7.59. The minimum Gasteiger partial charge on any atom is -0.610 e. The number of hydrogen-bond acceptors (Lipinski definition) is 4. The number of carbonyl (C=O) groups excluding carboxylic acids is 1. The van der Waals surface area contributed by atoms with E-state index in [1.54, 1.807) is 20.8 Å². The van der Waals surface area contributed by atoms with Crippen LogP contribution in [0.1, 0.15) is 20.8 Å². The van der Waals surface area contributed by atoms with Crippen LogP contribution in [0, 0.1) is 0 Å². The number of carbonyl (C=O) groups is 1. The second kappa shape index (κ2) is 2.54. The summed E-state index contributed by atoms with van der Waals surface area (Å²) in [7, 11) is -1.63. The van der Waals surface area contributed by atoms with Gasteiger partial charge in [-0.3, -0.25) is 0 Å². The molecular weight excluding hydrogens is 165 g/mol. The van der Waals surface area contributed by atoms with Crippen LogP contribution in [-0.2, 0) is 9.53 Å². The molecule has 0 aromatic heterocycles. The summed E-state index contributed by atoms with van der Waals surface area (Å²) in [5.74, 6) is -1.15. The lowest BCUT2D eigenvalue weighted by Gasteiger charge is -2.17. The van der Waals surface area contributed by atoms with E-state index in [-0.39, 0.29) is 0 Å². The minimum atomic E-state index is -1.63. The molecule has 1 aliphatic rings. The number of nitrogens with zero attached hydrogens (tertiary/aromatic N) is 1. The van der Waals surface area contributed by atoms with E-state index in [9.17, 15) is 9.69 Å². The van der Waals surface area contributed by atoms with Gasteiger partial charge in [0.05, 0.1) is 0 Å². The molecule has 11 heavy (non-hydrogen) atoms. The smallest absolute Gasteiger partial charge is 0.384 e. The van der Waals surface area contributed by atoms with Gasteiger partial charge in [0.1, 0.15) is 5.60 Å². The molecule has 5 heteroatoms. The molecule has 0 amide bonds.